The van der Waals surface area contributed by atoms with Gasteiger partial charge in [-0.05, 0) is 50.7 Å². The number of para-hydroxylation sites is 1. The molecule has 1 aliphatic rings. The molecular weight excluding hydrogens is 573 g/mol. The highest BCUT2D eigenvalue weighted by molar-refractivity contribution is 7.89. The number of likely N-dealkylation sites (N-methyl/N-ethyl adjacent to an activating group) is 1. The number of aromatic nitrogens is 2. The summed E-state index contributed by atoms with van der Waals surface area (Å²) in [5.41, 5.74) is 0.984. The second-order valence-electron chi connectivity index (χ2n) is 9.62. The fourth-order valence-electron chi connectivity index (χ4n) is 4.41. The number of halogens is 5. The van der Waals surface area contributed by atoms with Crippen LogP contribution in [0.4, 0.5) is 27.8 Å². The summed E-state index contributed by atoms with van der Waals surface area (Å²) >= 11 is 0. The molecule has 0 spiro atoms. The van der Waals surface area contributed by atoms with Gasteiger partial charge in [0.2, 0.25) is 10.0 Å². The number of pyridine rings is 2. The molecule has 15 heteroatoms. The number of aliphatic carboxylic acids is 1. The van der Waals surface area contributed by atoms with Gasteiger partial charge in [-0.1, -0.05) is 37.1 Å². The average molecular weight is 604 g/mol. The topological polar surface area (TPSA) is 125 Å². The molecule has 9 nitrogen and oxygen atoms in total. The highest BCUT2D eigenvalue weighted by Gasteiger charge is 2.38. The maximum Gasteiger partial charge on any atom is 0.490 e. The predicted octanol–water partition coefficient (Wildman–Crippen LogP) is 4.96. The van der Waals surface area contributed by atoms with Crippen molar-refractivity contribution in [2.45, 2.75) is 61.8 Å². The standard InChI is InChI=1S/C24H29F2N5O2S.C2HF3O2/c1-31(2)21-10-6-5-9-19(21)30-34(32,33)22-13-17-7-3-4-8-18(17)29-24(22)28-15-16-11-12-20(23(25)26)27-14-16;3-2(4,5)1(6)7/h3-4,7-8,11-14,19,21,23,30H,5-6,9-10,15H2,1-2H3,(H,28,29);(H,6,7). The summed E-state index contributed by atoms with van der Waals surface area (Å²) in [5, 5.41) is 10.9. The molecule has 0 amide bonds. The van der Waals surface area contributed by atoms with Gasteiger partial charge in [-0.3, -0.25) is 4.98 Å². The molecule has 1 aliphatic carbocycles. The number of rotatable bonds is 8. The molecule has 0 saturated heterocycles. The number of fused-ring (bicyclic) bond motifs is 1. The number of carbonyl (C=O) groups is 1. The zero-order chi connectivity index (χ0) is 30.4. The number of hydrogen-bond acceptors (Lipinski definition) is 7. The molecule has 2 aromatic heterocycles. The first kappa shape index (κ1) is 32.1. The van der Waals surface area contributed by atoms with E-state index < -0.39 is 28.6 Å². The molecular formula is C26H30F5N5O4S. The van der Waals surface area contributed by atoms with E-state index in [0.29, 0.717) is 16.5 Å². The monoisotopic (exact) mass is 603 g/mol. The fraction of sp³-hybridized carbons (Fsp3) is 0.423. The van der Waals surface area contributed by atoms with Crippen LogP contribution in [0.15, 0.2) is 53.6 Å². The first-order chi connectivity index (χ1) is 19.2. The maximum atomic E-state index is 13.6. The van der Waals surface area contributed by atoms with Gasteiger partial charge >= 0.3 is 12.1 Å². The first-order valence-corrected chi connectivity index (χ1v) is 14.0. The molecule has 1 saturated carbocycles. The Morgan fingerprint density at radius 2 is 1.78 bits per heavy atom. The third-order valence-corrected chi connectivity index (χ3v) is 7.95. The number of nitrogens with zero attached hydrogens (tertiary/aromatic N) is 3. The summed E-state index contributed by atoms with van der Waals surface area (Å²) in [7, 11) is 0.0477. The van der Waals surface area contributed by atoms with Crippen molar-refractivity contribution in [3.63, 3.8) is 0 Å². The van der Waals surface area contributed by atoms with Crippen LogP contribution in [-0.2, 0) is 21.4 Å². The van der Waals surface area contributed by atoms with E-state index in [1.54, 1.807) is 12.1 Å². The van der Waals surface area contributed by atoms with Crippen LogP contribution in [0.1, 0.15) is 43.4 Å². The van der Waals surface area contributed by atoms with Crippen molar-refractivity contribution in [3.8, 4) is 0 Å². The van der Waals surface area contributed by atoms with Crippen LogP contribution in [-0.4, -0.2) is 66.7 Å². The molecule has 3 aromatic rings. The number of carboxylic acids is 1. The Morgan fingerprint density at radius 1 is 1.12 bits per heavy atom. The summed E-state index contributed by atoms with van der Waals surface area (Å²) < 4.78 is 87.3. The molecule has 0 bridgehead atoms. The maximum absolute atomic E-state index is 13.6. The van der Waals surface area contributed by atoms with Gasteiger partial charge < -0.3 is 15.3 Å². The molecule has 3 N–H and O–H groups in total. The van der Waals surface area contributed by atoms with Crippen molar-refractivity contribution in [3.05, 3.63) is 59.9 Å². The summed E-state index contributed by atoms with van der Waals surface area (Å²) in [5.74, 6) is -2.55. The van der Waals surface area contributed by atoms with E-state index in [2.05, 4.69) is 24.9 Å². The normalized spacial score (nSPS) is 17.8. The molecule has 0 radical (unpaired) electrons. The van der Waals surface area contributed by atoms with Gasteiger partial charge in [0, 0.05) is 30.2 Å². The summed E-state index contributed by atoms with van der Waals surface area (Å²) in [4.78, 5) is 19.4. The molecule has 224 valence electrons. The third-order valence-electron chi connectivity index (χ3n) is 6.45. The Hall–Kier alpha value is -3.43. The van der Waals surface area contributed by atoms with Crippen LogP contribution in [0, 0.1) is 0 Å². The average Bonchev–Trinajstić information content (AvgIpc) is 2.91. The number of anilines is 1. The quantitative estimate of drug-likeness (QED) is 0.309. The van der Waals surface area contributed by atoms with E-state index >= 15 is 0 Å². The van der Waals surface area contributed by atoms with Gasteiger partial charge in [-0.25, -0.2) is 31.7 Å². The van der Waals surface area contributed by atoms with Crippen LogP contribution >= 0.6 is 0 Å². The molecule has 41 heavy (non-hydrogen) atoms. The Labute approximate surface area is 233 Å². The lowest BCUT2D eigenvalue weighted by atomic mass is 9.90. The second kappa shape index (κ2) is 13.5. The minimum absolute atomic E-state index is 0.0615. The molecule has 2 atom stereocenters. The van der Waals surface area contributed by atoms with Crippen LogP contribution < -0.4 is 10.0 Å². The van der Waals surface area contributed by atoms with Gasteiger partial charge in [0.25, 0.3) is 6.43 Å². The summed E-state index contributed by atoms with van der Waals surface area (Å²) in [6, 6.07) is 11.7. The van der Waals surface area contributed by atoms with Crippen molar-refractivity contribution in [1.82, 2.24) is 19.6 Å². The Morgan fingerprint density at radius 3 is 2.37 bits per heavy atom. The lowest BCUT2D eigenvalue weighted by Crippen LogP contribution is -2.51. The molecule has 1 fully saturated rings. The van der Waals surface area contributed by atoms with Crippen molar-refractivity contribution in [2.24, 2.45) is 0 Å². The summed E-state index contributed by atoms with van der Waals surface area (Å²) in [6.07, 6.45) is -2.62. The van der Waals surface area contributed by atoms with Crippen molar-refractivity contribution in [1.29, 1.82) is 0 Å². The van der Waals surface area contributed by atoms with Crippen LogP contribution in [0.25, 0.3) is 10.9 Å². The highest BCUT2D eigenvalue weighted by atomic mass is 32.2. The largest absolute Gasteiger partial charge is 0.490 e. The lowest BCUT2D eigenvalue weighted by Gasteiger charge is -2.36. The van der Waals surface area contributed by atoms with Crippen molar-refractivity contribution < 1.29 is 40.3 Å². The van der Waals surface area contributed by atoms with E-state index in [0.717, 1.165) is 25.7 Å². The van der Waals surface area contributed by atoms with Gasteiger partial charge in [-0.2, -0.15) is 13.2 Å². The number of benzene rings is 1. The smallest absolute Gasteiger partial charge is 0.475 e. The van der Waals surface area contributed by atoms with Crippen molar-refractivity contribution >= 4 is 32.7 Å². The SMILES string of the molecule is CN(C)C1CCCCC1NS(=O)(=O)c1cc2ccccc2nc1NCc1ccc(C(F)F)nc1.O=C(O)C(F)(F)F. The van der Waals surface area contributed by atoms with Crippen molar-refractivity contribution in [2.75, 3.05) is 19.4 Å². The van der Waals surface area contributed by atoms with E-state index in [1.807, 2.05) is 38.4 Å². The van der Waals surface area contributed by atoms with E-state index in [4.69, 9.17) is 9.90 Å². The molecule has 1 aromatic carbocycles. The Balaban J connectivity index is 0.000000587. The molecule has 2 unspecified atom stereocenters. The number of nitrogens with one attached hydrogen (secondary N) is 2. The number of hydrogen-bond donors (Lipinski definition) is 3. The van der Waals surface area contributed by atoms with Crippen LogP contribution in [0.5, 0.6) is 0 Å². The van der Waals surface area contributed by atoms with Gasteiger partial charge in [0.05, 0.1) is 5.52 Å². The van der Waals surface area contributed by atoms with Crippen LogP contribution in [0.3, 0.4) is 0 Å². The highest BCUT2D eigenvalue weighted by Crippen LogP contribution is 2.28. The molecule has 4 rings (SSSR count). The Kier molecular flexibility index (Phi) is 10.6. The number of alkyl halides is 5. The molecule has 0 aliphatic heterocycles. The first-order valence-electron chi connectivity index (χ1n) is 12.5. The van der Waals surface area contributed by atoms with Gasteiger partial charge in [0.15, 0.2) is 0 Å². The van der Waals surface area contributed by atoms with Gasteiger partial charge in [0.1, 0.15) is 16.4 Å². The fourth-order valence-corrected chi connectivity index (χ4v) is 5.87. The van der Waals surface area contributed by atoms with E-state index in [1.165, 1.54) is 12.3 Å². The van der Waals surface area contributed by atoms with Crippen LogP contribution in [0.2, 0.25) is 0 Å². The van der Waals surface area contributed by atoms with E-state index in [9.17, 15) is 30.4 Å². The molecule has 2 heterocycles. The lowest BCUT2D eigenvalue weighted by molar-refractivity contribution is -0.192. The minimum atomic E-state index is -5.08. The Bertz CT molecular complexity index is 1440. The number of carboxylic acid groups (broad SMARTS) is 1. The zero-order valence-corrected chi connectivity index (χ0v) is 23.0. The second-order valence-corrected chi connectivity index (χ2v) is 11.3. The zero-order valence-electron chi connectivity index (χ0n) is 22.2. The minimum Gasteiger partial charge on any atom is -0.475 e. The van der Waals surface area contributed by atoms with E-state index in [-0.39, 0.29) is 35.0 Å². The third kappa shape index (κ3) is 8.78. The van der Waals surface area contributed by atoms with Gasteiger partial charge in [-0.15, -0.1) is 0 Å². The number of sulfonamides is 1. The summed E-state index contributed by atoms with van der Waals surface area (Å²) in [6.45, 7) is 0.189. The predicted molar refractivity (Wildman–Crippen MR) is 142 cm³/mol.